The van der Waals surface area contributed by atoms with Crippen molar-refractivity contribution in [2.75, 3.05) is 64.0 Å². The maximum atomic E-state index is 5.89. The maximum Gasteiger partial charge on any atom is 0.203 e. The molecule has 0 amide bonds. The molecule has 3 aromatic rings. The van der Waals surface area contributed by atoms with E-state index in [1.807, 2.05) is 54.6 Å². The lowest BCUT2D eigenvalue weighted by atomic mass is 10.0. The SMILES string of the molecule is COc1cc(OC)c(/C=C/c2cc(OC)c(OC)c(OC)c2)c(OC)c1/C=C/c1cc(OC)c(OC)c(OC)c1. The zero-order valence-corrected chi connectivity index (χ0v) is 24.4. The molecule has 0 unspecified atom stereocenters. The molecule has 0 N–H and O–H groups in total. The van der Waals surface area contributed by atoms with E-state index in [2.05, 4.69) is 0 Å². The summed E-state index contributed by atoms with van der Waals surface area (Å²) in [6.07, 6.45) is 7.61. The van der Waals surface area contributed by atoms with Crippen LogP contribution in [0.15, 0.2) is 30.3 Å². The molecular weight excluding hydrogens is 516 g/mol. The van der Waals surface area contributed by atoms with Crippen LogP contribution in [0, 0.1) is 0 Å². The van der Waals surface area contributed by atoms with Crippen molar-refractivity contribution >= 4 is 24.3 Å². The molecule has 9 heteroatoms. The lowest BCUT2D eigenvalue weighted by Crippen LogP contribution is -1.99. The van der Waals surface area contributed by atoms with Gasteiger partial charge in [-0.3, -0.25) is 0 Å². The van der Waals surface area contributed by atoms with E-state index in [9.17, 15) is 0 Å². The lowest BCUT2D eigenvalue weighted by molar-refractivity contribution is 0.324. The molecule has 0 aromatic heterocycles. The Hall–Kier alpha value is -4.66. The molecule has 0 spiro atoms. The first-order valence-electron chi connectivity index (χ1n) is 12.2. The predicted molar refractivity (Wildman–Crippen MR) is 156 cm³/mol. The summed E-state index contributed by atoms with van der Waals surface area (Å²) in [5, 5.41) is 0. The van der Waals surface area contributed by atoms with Crippen molar-refractivity contribution < 1.29 is 42.6 Å². The third-order valence-corrected chi connectivity index (χ3v) is 6.19. The van der Waals surface area contributed by atoms with Crippen molar-refractivity contribution in [2.24, 2.45) is 0 Å². The van der Waals surface area contributed by atoms with Crippen LogP contribution in [0.1, 0.15) is 22.3 Å². The minimum absolute atomic E-state index is 0.515. The van der Waals surface area contributed by atoms with Crippen LogP contribution < -0.4 is 42.6 Å². The lowest BCUT2D eigenvalue weighted by Gasteiger charge is -2.17. The van der Waals surface area contributed by atoms with Crippen LogP contribution in [0.25, 0.3) is 24.3 Å². The molecule has 0 aliphatic carbocycles. The first kappa shape index (κ1) is 29.9. The Labute approximate surface area is 235 Å². The fourth-order valence-electron chi connectivity index (χ4n) is 4.27. The molecule has 0 radical (unpaired) electrons. The summed E-state index contributed by atoms with van der Waals surface area (Å²) in [7, 11) is 14.2. The highest BCUT2D eigenvalue weighted by atomic mass is 16.5. The second-order valence-corrected chi connectivity index (χ2v) is 8.23. The fourth-order valence-corrected chi connectivity index (χ4v) is 4.27. The molecule has 0 aliphatic heterocycles. The molecule has 0 bridgehead atoms. The van der Waals surface area contributed by atoms with Crippen LogP contribution >= 0.6 is 0 Å². The summed E-state index contributed by atoms with van der Waals surface area (Å²) in [6.45, 7) is 0. The molecule has 0 aliphatic rings. The highest BCUT2D eigenvalue weighted by molar-refractivity contribution is 5.85. The Morgan fingerprint density at radius 3 is 0.875 bits per heavy atom. The van der Waals surface area contributed by atoms with Crippen molar-refractivity contribution in [3.8, 4) is 51.7 Å². The van der Waals surface area contributed by atoms with Gasteiger partial charge in [-0.2, -0.15) is 0 Å². The normalized spacial score (nSPS) is 10.9. The molecule has 3 aromatic carbocycles. The fraction of sp³-hybridized carbons (Fsp3) is 0.290. The van der Waals surface area contributed by atoms with E-state index in [0.717, 1.165) is 11.1 Å². The van der Waals surface area contributed by atoms with Crippen molar-refractivity contribution in [1.82, 2.24) is 0 Å². The van der Waals surface area contributed by atoms with E-state index in [1.54, 1.807) is 64.0 Å². The van der Waals surface area contributed by atoms with Gasteiger partial charge in [-0.05, 0) is 47.5 Å². The number of ether oxygens (including phenoxy) is 9. The van der Waals surface area contributed by atoms with E-state index >= 15 is 0 Å². The maximum absolute atomic E-state index is 5.89. The predicted octanol–water partition coefficient (Wildman–Crippen LogP) is 6.10. The van der Waals surface area contributed by atoms with Gasteiger partial charge in [-0.25, -0.2) is 0 Å². The third-order valence-electron chi connectivity index (χ3n) is 6.19. The quantitative estimate of drug-likeness (QED) is 0.233. The standard InChI is InChI=1S/C31H36O9/c1-32-23-18-24(33-2)22(13-11-20-16-27(36-5)31(40-9)28(17-20)37-6)29(38-7)21(23)12-10-19-14-25(34-3)30(39-8)26(15-19)35-4/h10-18H,1-9H3/b12-10+,13-11+. The molecule has 0 atom stereocenters. The van der Waals surface area contributed by atoms with Crippen molar-refractivity contribution in [3.05, 3.63) is 52.6 Å². The van der Waals surface area contributed by atoms with Gasteiger partial charge in [0.2, 0.25) is 11.5 Å². The zero-order valence-electron chi connectivity index (χ0n) is 24.4. The monoisotopic (exact) mass is 552 g/mol. The van der Waals surface area contributed by atoms with Gasteiger partial charge >= 0.3 is 0 Å². The van der Waals surface area contributed by atoms with E-state index < -0.39 is 0 Å². The Morgan fingerprint density at radius 2 is 0.625 bits per heavy atom. The highest BCUT2D eigenvalue weighted by Gasteiger charge is 2.19. The number of rotatable bonds is 13. The van der Waals surface area contributed by atoms with E-state index in [4.69, 9.17) is 42.6 Å². The number of hydrogen-bond donors (Lipinski definition) is 0. The third kappa shape index (κ3) is 6.14. The molecule has 0 saturated heterocycles. The van der Waals surface area contributed by atoms with Crippen molar-refractivity contribution in [1.29, 1.82) is 0 Å². The van der Waals surface area contributed by atoms with Crippen LogP contribution in [-0.4, -0.2) is 64.0 Å². The first-order valence-corrected chi connectivity index (χ1v) is 12.2. The summed E-state index contributed by atoms with van der Waals surface area (Å²) >= 11 is 0. The van der Waals surface area contributed by atoms with Crippen molar-refractivity contribution in [3.63, 3.8) is 0 Å². The Kier molecular flexibility index (Phi) is 10.4. The molecule has 9 nitrogen and oxygen atoms in total. The highest BCUT2D eigenvalue weighted by Crippen LogP contribution is 2.43. The molecule has 40 heavy (non-hydrogen) atoms. The Balaban J connectivity index is 2.15. The van der Waals surface area contributed by atoms with Crippen LogP contribution in [0.3, 0.4) is 0 Å². The summed E-state index contributed by atoms with van der Waals surface area (Å²) in [4.78, 5) is 0. The number of hydrogen-bond acceptors (Lipinski definition) is 9. The van der Waals surface area contributed by atoms with E-state index in [0.29, 0.717) is 62.9 Å². The van der Waals surface area contributed by atoms with Crippen LogP contribution in [0.4, 0.5) is 0 Å². The minimum Gasteiger partial charge on any atom is -0.496 e. The largest absolute Gasteiger partial charge is 0.496 e. The molecule has 214 valence electrons. The summed E-state index contributed by atoms with van der Waals surface area (Å²) in [5.74, 6) is 4.91. The van der Waals surface area contributed by atoms with Gasteiger partial charge in [0.25, 0.3) is 0 Å². The van der Waals surface area contributed by atoms with Gasteiger partial charge in [0.05, 0.1) is 75.1 Å². The average molecular weight is 553 g/mol. The van der Waals surface area contributed by atoms with Crippen LogP contribution in [0.5, 0.6) is 51.7 Å². The van der Waals surface area contributed by atoms with Gasteiger partial charge < -0.3 is 42.6 Å². The molecule has 0 saturated carbocycles. The summed E-state index contributed by atoms with van der Waals surface area (Å²) in [6, 6.07) is 9.22. The van der Waals surface area contributed by atoms with E-state index in [-0.39, 0.29) is 0 Å². The average Bonchev–Trinajstić information content (AvgIpc) is 3.00. The Bertz CT molecular complexity index is 1230. The molecule has 3 rings (SSSR count). The van der Waals surface area contributed by atoms with E-state index in [1.165, 1.54) is 0 Å². The smallest absolute Gasteiger partial charge is 0.203 e. The first-order chi connectivity index (χ1) is 19.4. The second-order valence-electron chi connectivity index (χ2n) is 8.23. The van der Waals surface area contributed by atoms with Gasteiger partial charge in [0.15, 0.2) is 23.0 Å². The zero-order chi connectivity index (χ0) is 29.2. The van der Waals surface area contributed by atoms with Gasteiger partial charge in [-0.15, -0.1) is 0 Å². The second kappa shape index (κ2) is 13.9. The summed E-state index contributed by atoms with van der Waals surface area (Å²) in [5.41, 5.74) is 3.07. The topological polar surface area (TPSA) is 83.1 Å². The number of methoxy groups -OCH3 is 9. The van der Waals surface area contributed by atoms with Crippen LogP contribution in [0.2, 0.25) is 0 Å². The Morgan fingerprint density at radius 1 is 0.325 bits per heavy atom. The molecular formula is C31H36O9. The van der Waals surface area contributed by atoms with Crippen LogP contribution in [-0.2, 0) is 0 Å². The van der Waals surface area contributed by atoms with Crippen molar-refractivity contribution in [2.45, 2.75) is 0 Å². The van der Waals surface area contributed by atoms with Gasteiger partial charge in [-0.1, -0.05) is 12.2 Å². The molecule has 0 heterocycles. The number of benzene rings is 3. The minimum atomic E-state index is 0.515. The van der Waals surface area contributed by atoms with Gasteiger partial charge in [0, 0.05) is 6.07 Å². The van der Waals surface area contributed by atoms with Gasteiger partial charge in [0.1, 0.15) is 17.2 Å². The molecule has 0 fully saturated rings. The summed E-state index contributed by atoms with van der Waals surface area (Å²) < 4.78 is 50.1.